The molecule has 0 aromatic rings. The SMILES string of the molecule is CC(C)CCN1C2CCC1CC(N)C2. The van der Waals surface area contributed by atoms with Crippen molar-refractivity contribution in [2.24, 2.45) is 11.7 Å². The zero-order chi connectivity index (χ0) is 10.1. The van der Waals surface area contributed by atoms with Crippen LogP contribution < -0.4 is 5.73 Å². The normalized spacial score (nSPS) is 38.1. The van der Waals surface area contributed by atoms with Gasteiger partial charge in [0.1, 0.15) is 0 Å². The predicted octanol–water partition coefficient (Wildman–Crippen LogP) is 1.99. The molecule has 2 unspecified atom stereocenters. The molecule has 14 heavy (non-hydrogen) atoms. The minimum atomic E-state index is 0.489. The molecule has 2 heteroatoms. The van der Waals surface area contributed by atoms with Gasteiger partial charge in [-0.15, -0.1) is 0 Å². The fraction of sp³-hybridized carbons (Fsp3) is 1.00. The summed E-state index contributed by atoms with van der Waals surface area (Å²) in [5, 5.41) is 0. The first kappa shape index (κ1) is 10.4. The van der Waals surface area contributed by atoms with Crippen molar-refractivity contribution in [2.45, 2.75) is 64.1 Å². The van der Waals surface area contributed by atoms with Crippen molar-refractivity contribution in [3.05, 3.63) is 0 Å². The smallest absolute Gasteiger partial charge is 0.0113 e. The highest BCUT2D eigenvalue weighted by molar-refractivity contribution is 4.96. The van der Waals surface area contributed by atoms with Gasteiger partial charge in [-0.1, -0.05) is 13.8 Å². The fourth-order valence-electron chi connectivity index (χ4n) is 3.09. The quantitative estimate of drug-likeness (QED) is 0.748. The highest BCUT2D eigenvalue weighted by Gasteiger charge is 2.38. The van der Waals surface area contributed by atoms with Crippen LogP contribution in [0.1, 0.15) is 46.0 Å². The van der Waals surface area contributed by atoms with E-state index in [0.29, 0.717) is 6.04 Å². The number of hydrogen-bond donors (Lipinski definition) is 1. The van der Waals surface area contributed by atoms with E-state index in [4.69, 9.17) is 5.73 Å². The van der Waals surface area contributed by atoms with Crippen LogP contribution >= 0.6 is 0 Å². The van der Waals surface area contributed by atoms with E-state index in [1.54, 1.807) is 0 Å². The minimum absolute atomic E-state index is 0.489. The standard InChI is InChI=1S/C12H24N2/c1-9(2)5-6-14-11-3-4-12(14)8-10(13)7-11/h9-12H,3-8,13H2,1-2H3. The molecule has 0 spiro atoms. The van der Waals surface area contributed by atoms with Gasteiger partial charge in [0.15, 0.2) is 0 Å². The number of nitrogens with two attached hydrogens (primary N) is 1. The third kappa shape index (κ3) is 2.12. The number of fused-ring (bicyclic) bond motifs is 2. The maximum absolute atomic E-state index is 6.05. The van der Waals surface area contributed by atoms with Crippen LogP contribution in [0.4, 0.5) is 0 Å². The lowest BCUT2D eigenvalue weighted by molar-refractivity contribution is 0.121. The Morgan fingerprint density at radius 1 is 1.21 bits per heavy atom. The van der Waals surface area contributed by atoms with E-state index >= 15 is 0 Å². The Labute approximate surface area is 87.8 Å². The van der Waals surface area contributed by atoms with Gasteiger partial charge in [0.25, 0.3) is 0 Å². The summed E-state index contributed by atoms with van der Waals surface area (Å²) in [6.45, 7) is 5.94. The second-order valence-corrected chi connectivity index (χ2v) is 5.54. The largest absolute Gasteiger partial charge is 0.328 e. The van der Waals surface area contributed by atoms with Crippen LogP contribution in [0.3, 0.4) is 0 Å². The molecular formula is C12H24N2. The zero-order valence-electron chi connectivity index (χ0n) is 9.58. The Balaban J connectivity index is 1.88. The van der Waals surface area contributed by atoms with E-state index in [9.17, 15) is 0 Å². The summed E-state index contributed by atoms with van der Waals surface area (Å²) in [7, 11) is 0. The van der Waals surface area contributed by atoms with Crippen molar-refractivity contribution in [2.75, 3.05) is 6.54 Å². The van der Waals surface area contributed by atoms with Crippen molar-refractivity contribution in [1.29, 1.82) is 0 Å². The maximum atomic E-state index is 6.05. The lowest BCUT2D eigenvalue weighted by Gasteiger charge is -2.38. The summed E-state index contributed by atoms with van der Waals surface area (Å²) in [6, 6.07) is 2.13. The van der Waals surface area contributed by atoms with Crippen LogP contribution in [0.25, 0.3) is 0 Å². The van der Waals surface area contributed by atoms with Crippen LogP contribution in [-0.4, -0.2) is 29.6 Å². The van der Waals surface area contributed by atoms with E-state index in [1.807, 2.05) is 0 Å². The molecule has 2 fully saturated rings. The molecule has 2 N–H and O–H groups in total. The molecule has 2 saturated heterocycles. The molecule has 2 atom stereocenters. The van der Waals surface area contributed by atoms with Gasteiger partial charge in [-0.05, 0) is 44.6 Å². The van der Waals surface area contributed by atoms with E-state index in [0.717, 1.165) is 18.0 Å². The van der Waals surface area contributed by atoms with Crippen molar-refractivity contribution in [3.8, 4) is 0 Å². The van der Waals surface area contributed by atoms with Gasteiger partial charge in [-0.3, -0.25) is 4.90 Å². The zero-order valence-corrected chi connectivity index (χ0v) is 9.58. The van der Waals surface area contributed by atoms with E-state index in [2.05, 4.69) is 18.7 Å². The van der Waals surface area contributed by atoms with Crippen molar-refractivity contribution < 1.29 is 0 Å². The Morgan fingerprint density at radius 3 is 2.29 bits per heavy atom. The molecule has 0 amide bonds. The Kier molecular flexibility index (Phi) is 3.13. The van der Waals surface area contributed by atoms with E-state index in [-0.39, 0.29) is 0 Å². The topological polar surface area (TPSA) is 29.3 Å². The highest BCUT2D eigenvalue weighted by Crippen LogP contribution is 2.35. The Hall–Kier alpha value is -0.0800. The van der Waals surface area contributed by atoms with E-state index < -0.39 is 0 Å². The summed E-state index contributed by atoms with van der Waals surface area (Å²) in [6.07, 6.45) is 6.64. The lowest BCUT2D eigenvalue weighted by Crippen LogP contribution is -2.47. The number of nitrogens with zero attached hydrogens (tertiary/aromatic N) is 1. The molecule has 0 radical (unpaired) electrons. The molecule has 0 saturated carbocycles. The molecule has 2 nitrogen and oxygen atoms in total. The maximum Gasteiger partial charge on any atom is 0.0113 e. The van der Waals surface area contributed by atoms with E-state index in [1.165, 1.54) is 38.6 Å². The first-order chi connectivity index (χ1) is 6.66. The average Bonchev–Trinajstić information content (AvgIpc) is 2.34. The summed E-state index contributed by atoms with van der Waals surface area (Å²) in [5.74, 6) is 0.838. The summed E-state index contributed by atoms with van der Waals surface area (Å²) < 4.78 is 0. The molecule has 0 aliphatic carbocycles. The van der Waals surface area contributed by atoms with Crippen LogP contribution in [0.2, 0.25) is 0 Å². The summed E-state index contributed by atoms with van der Waals surface area (Å²) in [4.78, 5) is 2.74. The van der Waals surface area contributed by atoms with Crippen LogP contribution in [0.15, 0.2) is 0 Å². The molecule has 2 heterocycles. The Bertz CT molecular complexity index is 177. The number of piperidine rings is 1. The Morgan fingerprint density at radius 2 is 1.79 bits per heavy atom. The highest BCUT2D eigenvalue weighted by atomic mass is 15.2. The third-order valence-electron chi connectivity index (χ3n) is 3.89. The molecular weight excluding hydrogens is 172 g/mol. The first-order valence-electron chi connectivity index (χ1n) is 6.18. The van der Waals surface area contributed by atoms with Gasteiger partial charge in [0, 0.05) is 18.1 Å². The average molecular weight is 196 g/mol. The lowest BCUT2D eigenvalue weighted by atomic mass is 9.97. The summed E-state index contributed by atoms with van der Waals surface area (Å²) in [5.41, 5.74) is 6.05. The minimum Gasteiger partial charge on any atom is -0.328 e. The molecule has 82 valence electrons. The van der Waals surface area contributed by atoms with Gasteiger partial charge in [-0.25, -0.2) is 0 Å². The molecule has 2 bridgehead atoms. The van der Waals surface area contributed by atoms with Crippen molar-refractivity contribution >= 4 is 0 Å². The van der Waals surface area contributed by atoms with Crippen molar-refractivity contribution in [3.63, 3.8) is 0 Å². The van der Waals surface area contributed by atoms with Crippen LogP contribution in [0, 0.1) is 5.92 Å². The van der Waals surface area contributed by atoms with Gasteiger partial charge >= 0.3 is 0 Å². The molecule has 0 aromatic heterocycles. The second-order valence-electron chi connectivity index (χ2n) is 5.54. The van der Waals surface area contributed by atoms with Crippen LogP contribution in [0.5, 0.6) is 0 Å². The second kappa shape index (κ2) is 4.19. The monoisotopic (exact) mass is 196 g/mol. The third-order valence-corrected chi connectivity index (χ3v) is 3.89. The van der Waals surface area contributed by atoms with Crippen LogP contribution in [-0.2, 0) is 0 Å². The van der Waals surface area contributed by atoms with Gasteiger partial charge < -0.3 is 5.73 Å². The molecule has 2 aliphatic rings. The molecule has 2 rings (SSSR count). The molecule has 0 aromatic carbocycles. The van der Waals surface area contributed by atoms with Gasteiger partial charge in [-0.2, -0.15) is 0 Å². The predicted molar refractivity (Wildman–Crippen MR) is 60.2 cm³/mol. The number of rotatable bonds is 3. The van der Waals surface area contributed by atoms with Gasteiger partial charge in [0.05, 0.1) is 0 Å². The van der Waals surface area contributed by atoms with Gasteiger partial charge in [0.2, 0.25) is 0 Å². The first-order valence-corrected chi connectivity index (χ1v) is 6.18. The van der Waals surface area contributed by atoms with Crippen molar-refractivity contribution in [1.82, 2.24) is 4.90 Å². The molecule has 2 aliphatic heterocycles. The summed E-state index contributed by atoms with van der Waals surface area (Å²) >= 11 is 0. The fourth-order valence-corrected chi connectivity index (χ4v) is 3.09. The number of hydrogen-bond acceptors (Lipinski definition) is 2.